The zero-order valence-corrected chi connectivity index (χ0v) is 14.9. The Bertz CT molecular complexity index is 637. The van der Waals surface area contributed by atoms with Gasteiger partial charge in [0.2, 0.25) is 11.8 Å². The fourth-order valence-electron chi connectivity index (χ4n) is 2.62. The van der Waals surface area contributed by atoms with Crippen molar-refractivity contribution in [3.63, 3.8) is 0 Å². The maximum atomic E-state index is 14.1. The van der Waals surface area contributed by atoms with Crippen LogP contribution in [0, 0.1) is 5.41 Å². The number of amides is 1. The predicted molar refractivity (Wildman–Crippen MR) is 87.5 cm³/mol. The van der Waals surface area contributed by atoms with Gasteiger partial charge in [-0.15, -0.1) is 0 Å². The molecular weight excluding hydrogens is 354 g/mol. The lowest BCUT2D eigenvalue weighted by atomic mass is 9.92. The summed E-state index contributed by atoms with van der Waals surface area (Å²) in [5, 5.41) is 2.65. The molecule has 1 aromatic heterocycles. The predicted octanol–water partition coefficient (Wildman–Crippen LogP) is 2.66. The Kier molecular flexibility index (Phi) is 6.10. The minimum Gasteiger partial charge on any atom is -0.476 e. The van der Waals surface area contributed by atoms with Crippen LogP contribution in [0.1, 0.15) is 25.8 Å². The molecule has 0 aliphatic carbocycles. The van der Waals surface area contributed by atoms with E-state index in [0.717, 1.165) is 12.1 Å². The first-order chi connectivity index (χ1) is 12.0. The average Bonchev–Trinajstić information content (AvgIpc) is 2.55. The van der Waals surface area contributed by atoms with Crippen LogP contribution in [0.2, 0.25) is 0 Å². The lowest BCUT2D eigenvalue weighted by Gasteiger charge is -2.34. The van der Waals surface area contributed by atoms with Crippen molar-refractivity contribution in [1.29, 1.82) is 0 Å². The maximum absolute atomic E-state index is 14.1. The minimum absolute atomic E-state index is 0.227. The zero-order valence-electron chi connectivity index (χ0n) is 14.9. The SMILES string of the molecule is CN1CCC(NC(=O)C(C)(C)COc2ncccc2C(F)(F)F)C(F)C1. The molecule has 5 nitrogen and oxygen atoms in total. The van der Waals surface area contributed by atoms with Gasteiger partial charge < -0.3 is 15.0 Å². The highest BCUT2D eigenvalue weighted by Gasteiger charge is 2.38. The first-order valence-electron chi connectivity index (χ1n) is 8.29. The van der Waals surface area contributed by atoms with Gasteiger partial charge in [0.25, 0.3) is 0 Å². The number of piperidine rings is 1. The smallest absolute Gasteiger partial charge is 0.421 e. The van der Waals surface area contributed by atoms with Gasteiger partial charge >= 0.3 is 6.18 Å². The Hall–Kier alpha value is -1.90. The van der Waals surface area contributed by atoms with Crippen LogP contribution in [0.25, 0.3) is 0 Å². The fraction of sp³-hybridized carbons (Fsp3) is 0.647. The summed E-state index contributed by atoms with van der Waals surface area (Å²) >= 11 is 0. The molecule has 0 saturated carbocycles. The molecule has 1 N–H and O–H groups in total. The van der Waals surface area contributed by atoms with Gasteiger partial charge in [0.05, 0.1) is 11.5 Å². The molecule has 1 fully saturated rings. The van der Waals surface area contributed by atoms with Crippen LogP contribution in [-0.4, -0.2) is 54.7 Å². The number of likely N-dealkylation sites (tertiary alicyclic amines) is 1. The number of hydrogen-bond acceptors (Lipinski definition) is 4. The number of aromatic nitrogens is 1. The molecule has 2 unspecified atom stereocenters. The summed E-state index contributed by atoms with van der Waals surface area (Å²) in [6.45, 7) is 3.62. The average molecular weight is 377 g/mol. The Labute approximate surface area is 149 Å². The summed E-state index contributed by atoms with van der Waals surface area (Å²) in [4.78, 5) is 17.9. The van der Waals surface area contributed by atoms with Crippen molar-refractivity contribution in [2.45, 2.75) is 38.7 Å². The van der Waals surface area contributed by atoms with Crippen LogP contribution in [0.5, 0.6) is 5.88 Å². The van der Waals surface area contributed by atoms with Crippen molar-refractivity contribution in [2.75, 3.05) is 26.7 Å². The van der Waals surface area contributed by atoms with Gasteiger partial charge in [-0.25, -0.2) is 9.37 Å². The Morgan fingerprint density at radius 3 is 2.73 bits per heavy atom. The summed E-state index contributed by atoms with van der Waals surface area (Å²) in [5.41, 5.74) is -2.15. The van der Waals surface area contributed by atoms with Crippen LogP contribution in [0.3, 0.4) is 0 Å². The summed E-state index contributed by atoms with van der Waals surface area (Å²) in [7, 11) is 1.80. The normalized spacial score (nSPS) is 22.1. The van der Waals surface area contributed by atoms with Gasteiger partial charge in [-0.05, 0) is 39.4 Å². The molecule has 2 atom stereocenters. The molecule has 1 amide bonds. The molecule has 1 aliphatic rings. The van der Waals surface area contributed by atoms with Crippen molar-refractivity contribution in [2.24, 2.45) is 5.41 Å². The van der Waals surface area contributed by atoms with Crippen molar-refractivity contribution in [3.05, 3.63) is 23.9 Å². The molecule has 0 spiro atoms. The Balaban J connectivity index is 1.99. The van der Waals surface area contributed by atoms with Crippen LogP contribution in [-0.2, 0) is 11.0 Å². The van der Waals surface area contributed by atoms with Crippen molar-refractivity contribution >= 4 is 5.91 Å². The van der Waals surface area contributed by atoms with Crippen molar-refractivity contribution in [3.8, 4) is 5.88 Å². The second-order valence-corrected chi connectivity index (χ2v) is 7.17. The molecular formula is C17H23F4N3O2. The van der Waals surface area contributed by atoms with E-state index in [1.165, 1.54) is 20.0 Å². The molecule has 0 bridgehead atoms. The highest BCUT2D eigenvalue weighted by Crippen LogP contribution is 2.35. The Morgan fingerprint density at radius 2 is 2.12 bits per heavy atom. The van der Waals surface area contributed by atoms with Gasteiger partial charge in [0, 0.05) is 19.3 Å². The molecule has 1 aromatic rings. The lowest BCUT2D eigenvalue weighted by Crippen LogP contribution is -2.54. The number of nitrogens with zero attached hydrogens (tertiary/aromatic N) is 2. The number of carbonyl (C=O) groups is 1. The van der Waals surface area contributed by atoms with Crippen LogP contribution < -0.4 is 10.1 Å². The molecule has 0 aromatic carbocycles. The highest BCUT2D eigenvalue weighted by atomic mass is 19.4. The second kappa shape index (κ2) is 7.77. The van der Waals surface area contributed by atoms with E-state index < -0.39 is 41.2 Å². The lowest BCUT2D eigenvalue weighted by molar-refractivity contribution is -0.139. The van der Waals surface area contributed by atoms with Crippen molar-refractivity contribution in [1.82, 2.24) is 15.2 Å². The molecule has 9 heteroatoms. The summed E-state index contributed by atoms with van der Waals surface area (Å²) in [5.74, 6) is -1.05. The van der Waals surface area contributed by atoms with E-state index in [2.05, 4.69) is 10.3 Å². The van der Waals surface area contributed by atoms with Gasteiger partial charge in [0.1, 0.15) is 18.3 Å². The third kappa shape index (κ3) is 5.06. The Morgan fingerprint density at radius 1 is 1.42 bits per heavy atom. The van der Waals surface area contributed by atoms with E-state index in [9.17, 15) is 22.4 Å². The fourth-order valence-corrected chi connectivity index (χ4v) is 2.62. The summed E-state index contributed by atoms with van der Waals surface area (Å²) in [6, 6.07) is 1.41. The maximum Gasteiger partial charge on any atom is 0.421 e. The van der Waals surface area contributed by atoms with Gasteiger partial charge in [-0.3, -0.25) is 4.79 Å². The third-order valence-corrected chi connectivity index (χ3v) is 4.32. The topological polar surface area (TPSA) is 54.5 Å². The molecule has 146 valence electrons. The summed E-state index contributed by atoms with van der Waals surface area (Å²) < 4.78 is 58.1. The van der Waals surface area contributed by atoms with Gasteiger partial charge in [0.15, 0.2) is 0 Å². The van der Waals surface area contributed by atoms with E-state index in [1.807, 2.05) is 4.90 Å². The third-order valence-electron chi connectivity index (χ3n) is 4.32. The zero-order chi connectivity index (χ0) is 19.5. The second-order valence-electron chi connectivity index (χ2n) is 7.17. The monoisotopic (exact) mass is 377 g/mol. The highest BCUT2D eigenvalue weighted by molar-refractivity contribution is 5.82. The van der Waals surface area contributed by atoms with Gasteiger partial charge in [-0.2, -0.15) is 13.2 Å². The number of alkyl halides is 4. The number of carbonyl (C=O) groups excluding carboxylic acids is 1. The van der Waals surface area contributed by atoms with Crippen LogP contribution in [0.15, 0.2) is 18.3 Å². The van der Waals surface area contributed by atoms with E-state index >= 15 is 0 Å². The largest absolute Gasteiger partial charge is 0.476 e. The number of nitrogens with one attached hydrogen (secondary N) is 1. The number of rotatable bonds is 5. The van der Waals surface area contributed by atoms with Crippen LogP contribution in [0.4, 0.5) is 17.6 Å². The molecule has 0 radical (unpaired) electrons. The number of hydrogen-bond donors (Lipinski definition) is 1. The van der Waals surface area contributed by atoms with E-state index in [0.29, 0.717) is 13.0 Å². The molecule has 2 heterocycles. The number of ether oxygens (including phenoxy) is 1. The van der Waals surface area contributed by atoms with Crippen molar-refractivity contribution < 1.29 is 27.1 Å². The number of halogens is 4. The quantitative estimate of drug-likeness (QED) is 0.802. The minimum atomic E-state index is -4.61. The molecule has 2 rings (SSSR count). The van der Waals surface area contributed by atoms with Crippen LogP contribution >= 0.6 is 0 Å². The number of pyridine rings is 1. The standard InChI is InChI=1S/C17H23F4N3O2/c1-16(2,15(25)23-13-6-8-24(3)9-12(13)18)10-26-14-11(17(19,20)21)5-4-7-22-14/h4-5,7,12-13H,6,8-10H2,1-3H3,(H,23,25). The molecule has 1 saturated heterocycles. The van der Waals surface area contributed by atoms with Gasteiger partial charge in [-0.1, -0.05) is 0 Å². The van der Waals surface area contributed by atoms with E-state index in [4.69, 9.17) is 4.74 Å². The molecule has 26 heavy (non-hydrogen) atoms. The molecule has 1 aliphatic heterocycles. The summed E-state index contributed by atoms with van der Waals surface area (Å²) in [6.07, 6.45) is -4.14. The van der Waals surface area contributed by atoms with E-state index in [1.54, 1.807) is 7.05 Å². The first kappa shape index (κ1) is 20.4. The van der Waals surface area contributed by atoms with E-state index in [-0.39, 0.29) is 13.2 Å². The first-order valence-corrected chi connectivity index (χ1v) is 8.29.